The Kier molecular flexibility index (Phi) is 8.57. The minimum absolute atomic E-state index is 0.00589. The number of rotatable bonds is 9. The molecule has 0 heterocycles. The largest absolute Gasteiger partial charge is 0.330 e. The van der Waals surface area contributed by atoms with Gasteiger partial charge in [0, 0.05) is 39.9 Å². The van der Waals surface area contributed by atoms with Gasteiger partial charge in [-0.1, -0.05) is 24.4 Å². The molecule has 0 aliphatic carbocycles. The highest BCUT2D eigenvalue weighted by Gasteiger charge is 2.07. The maximum atomic E-state index is 11.8. The molecule has 0 saturated carbocycles. The summed E-state index contributed by atoms with van der Waals surface area (Å²) in [5.74, 6) is 0.385. The Morgan fingerprint density at radius 3 is 2.67 bits per heavy atom. The first kappa shape index (κ1) is 18.1. The van der Waals surface area contributed by atoms with E-state index in [0.29, 0.717) is 29.4 Å². The van der Waals surface area contributed by atoms with Crippen LogP contribution in [-0.4, -0.2) is 22.9 Å². The average molecular weight is 331 g/mol. The van der Waals surface area contributed by atoms with Crippen LogP contribution in [0.4, 0.5) is 5.69 Å². The molecular weight excluding hydrogens is 308 g/mol. The number of carbonyl (C=O) groups is 1. The summed E-state index contributed by atoms with van der Waals surface area (Å²) in [6.07, 6.45) is 6.09. The van der Waals surface area contributed by atoms with Gasteiger partial charge in [0.1, 0.15) is 0 Å². The molecule has 0 fully saturated rings. The topological polar surface area (TPSA) is 72.2 Å². The highest BCUT2D eigenvalue weighted by Crippen LogP contribution is 2.22. The summed E-state index contributed by atoms with van der Waals surface area (Å²) in [6, 6.07) is 5.27. The molecule has 1 atom stereocenters. The number of nitrogens with one attached hydrogen (secondary N) is 1. The Bertz CT molecular complexity index is 495. The molecule has 118 valence electrons. The van der Waals surface area contributed by atoms with Gasteiger partial charge in [0.15, 0.2) is 0 Å². The van der Waals surface area contributed by atoms with Crippen LogP contribution in [0.1, 0.15) is 37.7 Å². The molecular formula is C15H23ClN2O2S. The number of anilines is 1. The van der Waals surface area contributed by atoms with E-state index in [4.69, 9.17) is 17.3 Å². The maximum absolute atomic E-state index is 11.8. The first-order valence-corrected chi connectivity index (χ1v) is 9.22. The van der Waals surface area contributed by atoms with Crippen molar-refractivity contribution in [3.8, 4) is 0 Å². The standard InChI is InChI=1S/C15H23ClN2O2S/c1-21(20)11-12-10-13(7-8-14(12)16)18-15(19)6-4-2-3-5-9-17/h7-8,10H,2-6,9,11,17H2,1H3,(H,18,19). The molecule has 3 N–H and O–H groups in total. The fourth-order valence-corrected chi connectivity index (χ4v) is 2.93. The van der Waals surface area contributed by atoms with Crippen LogP contribution >= 0.6 is 11.6 Å². The summed E-state index contributed by atoms with van der Waals surface area (Å²) in [5.41, 5.74) is 6.91. The predicted octanol–water partition coefficient (Wildman–Crippen LogP) is 3.07. The van der Waals surface area contributed by atoms with Crippen molar-refractivity contribution in [2.24, 2.45) is 5.73 Å². The van der Waals surface area contributed by atoms with Gasteiger partial charge in [0.25, 0.3) is 0 Å². The van der Waals surface area contributed by atoms with Gasteiger partial charge >= 0.3 is 0 Å². The van der Waals surface area contributed by atoms with E-state index in [-0.39, 0.29) is 5.91 Å². The lowest BCUT2D eigenvalue weighted by molar-refractivity contribution is -0.116. The van der Waals surface area contributed by atoms with Crippen LogP contribution in [0.15, 0.2) is 18.2 Å². The van der Waals surface area contributed by atoms with Crippen LogP contribution < -0.4 is 11.1 Å². The SMILES string of the molecule is CS(=O)Cc1cc(NC(=O)CCCCCCN)ccc1Cl. The molecule has 1 aromatic carbocycles. The van der Waals surface area contributed by atoms with Gasteiger partial charge in [-0.2, -0.15) is 0 Å². The number of amides is 1. The molecule has 1 amide bonds. The summed E-state index contributed by atoms with van der Waals surface area (Å²) >= 11 is 6.05. The van der Waals surface area contributed by atoms with Crippen molar-refractivity contribution < 1.29 is 9.00 Å². The van der Waals surface area contributed by atoms with Crippen LogP contribution in [0.2, 0.25) is 5.02 Å². The zero-order chi connectivity index (χ0) is 15.7. The Morgan fingerprint density at radius 2 is 2.00 bits per heavy atom. The minimum atomic E-state index is -0.963. The van der Waals surface area contributed by atoms with Crippen molar-refractivity contribution in [1.29, 1.82) is 0 Å². The molecule has 1 aromatic rings. The summed E-state index contributed by atoms with van der Waals surface area (Å²) in [7, 11) is -0.963. The highest BCUT2D eigenvalue weighted by atomic mass is 35.5. The van der Waals surface area contributed by atoms with Gasteiger partial charge in [0.2, 0.25) is 5.91 Å². The van der Waals surface area contributed by atoms with Crippen LogP contribution in [0.3, 0.4) is 0 Å². The van der Waals surface area contributed by atoms with E-state index in [0.717, 1.165) is 31.2 Å². The molecule has 6 heteroatoms. The van der Waals surface area contributed by atoms with Crippen LogP contribution in [0.25, 0.3) is 0 Å². The van der Waals surface area contributed by atoms with E-state index in [1.54, 1.807) is 24.5 Å². The van der Waals surface area contributed by atoms with Crippen molar-refractivity contribution in [2.75, 3.05) is 18.1 Å². The average Bonchev–Trinajstić information content (AvgIpc) is 2.42. The van der Waals surface area contributed by atoms with E-state index in [9.17, 15) is 9.00 Å². The number of hydrogen-bond donors (Lipinski definition) is 2. The second-order valence-corrected chi connectivity index (χ2v) is 6.87. The van der Waals surface area contributed by atoms with Gasteiger partial charge in [-0.25, -0.2) is 0 Å². The minimum Gasteiger partial charge on any atom is -0.330 e. The first-order chi connectivity index (χ1) is 10.0. The first-order valence-electron chi connectivity index (χ1n) is 7.11. The van der Waals surface area contributed by atoms with Gasteiger partial charge in [0.05, 0.1) is 0 Å². The monoisotopic (exact) mass is 330 g/mol. The van der Waals surface area contributed by atoms with E-state index in [2.05, 4.69) is 5.32 Å². The lowest BCUT2D eigenvalue weighted by atomic mass is 10.1. The number of carbonyl (C=O) groups excluding carboxylic acids is 1. The molecule has 0 aromatic heterocycles. The quantitative estimate of drug-likeness (QED) is 0.683. The molecule has 4 nitrogen and oxygen atoms in total. The summed E-state index contributed by atoms with van der Waals surface area (Å²) < 4.78 is 11.3. The molecule has 0 aliphatic heterocycles. The molecule has 0 saturated heterocycles. The molecule has 0 bridgehead atoms. The number of unbranched alkanes of at least 4 members (excludes halogenated alkanes) is 3. The second-order valence-electron chi connectivity index (χ2n) is 5.02. The Morgan fingerprint density at radius 1 is 1.29 bits per heavy atom. The van der Waals surface area contributed by atoms with Crippen LogP contribution in [-0.2, 0) is 21.3 Å². The number of hydrogen-bond acceptors (Lipinski definition) is 3. The predicted molar refractivity (Wildman–Crippen MR) is 90.0 cm³/mol. The van der Waals surface area contributed by atoms with Crippen molar-refractivity contribution >= 4 is 34.0 Å². The third-order valence-electron chi connectivity index (χ3n) is 3.05. The smallest absolute Gasteiger partial charge is 0.224 e. The Hall–Kier alpha value is -0.910. The number of halogens is 1. The molecule has 1 rings (SSSR count). The van der Waals surface area contributed by atoms with Gasteiger partial charge in [-0.05, 0) is 43.1 Å². The Labute approximate surface area is 133 Å². The van der Waals surface area contributed by atoms with Crippen molar-refractivity contribution in [2.45, 2.75) is 37.9 Å². The van der Waals surface area contributed by atoms with Crippen LogP contribution in [0.5, 0.6) is 0 Å². The number of nitrogens with two attached hydrogens (primary N) is 1. The zero-order valence-electron chi connectivity index (χ0n) is 12.4. The van der Waals surface area contributed by atoms with Gasteiger partial charge in [-0.3, -0.25) is 9.00 Å². The third-order valence-corrected chi connectivity index (χ3v) is 4.13. The van der Waals surface area contributed by atoms with E-state index < -0.39 is 10.8 Å². The molecule has 21 heavy (non-hydrogen) atoms. The molecule has 0 aliphatic rings. The van der Waals surface area contributed by atoms with E-state index in [1.165, 1.54) is 0 Å². The lowest BCUT2D eigenvalue weighted by Gasteiger charge is -2.08. The van der Waals surface area contributed by atoms with Crippen LogP contribution in [0, 0.1) is 0 Å². The Balaban J connectivity index is 2.46. The third kappa shape index (κ3) is 7.60. The fourth-order valence-electron chi connectivity index (χ4n) is 1.99. The van der Waals surface area contributed by atoms with Crippen molar-refractivity contribution in [3.05, 3.63) is 28.8 Å². The molecule has 0 spiro atoms. The van der Waals surface area contributed by atoms with Crippen molar-refractivity contribution in [3.63, 3.8) is 0 Å². The second kappa shape index (κ2) is 9.92. The fraction of sp³-hybridized carbons (Fsp3) is 0.533. The van der Waals surface area contributed by atoms with E-state index >= 15 is 0 Å². The summed E-state index contributed by atoms with van der Waals surface area (Å²) in [6.45, 7) is 0.707. The van der Waals surface area contributed by atoms with E-state index in [1.807, 2.05) is 0 Å². The lowest BCUT2D eigenvalue weighted by Crippen LogP contribution is -2.11. The van der Waals surface area contributed by atoms with Gasteiger partial charge < -0.3 is 11.1 Å². The van der Waals surface area contributed by atoms with Gasteiger partial charge in [-0.15, -0.1) is 0 Å². The normalized spacial score (nSPS) is 12.1. The summed E-state index contributed by atoms with van der Waals surface area (Å²) in [4.78, 5) is 11.8. The molecule has 0 radical (unpaired) electrons. The van der Waals surface area contributed by atoms with Crippen molar-refractivity contribution in [1.82, 2.24) is 0 Å². The highest BCUT2D eigenvalue weighted by molar-refractivity contribution is 7.83. The zero-order valence-corrected chi connectivity index (χ0v) is 13.9. The number of benzene rings is 1. The molecule has 1 unspecified atom stereocenters. The summed E-state index contributed by atoms with van der Waals surface area (Å²) in [5, 5.41) is 3.43. The maximum Gasteiger partial charge on any atom is 0.224 e.